The van der Waals surface area contributed by atoms with Crippen molar-refractivity contribution in [2.45, 2.75) is 25.3 Å². The average molecular weight is 244 g/mol. The molecule has 1 atom stereocenters. The van der Waals surface area contributed by atoms with E-state index in [0.717, 1.165) is 31.4 Å². The maximum atomic E-state index is 6.03. The third kappa shape index (κ3) is 4.45. The van der Waals surface area contributed by atoms with Crippen molar-refractivity contribution >= 4 is 11.6 Å². The van der Waals surface area contributed by atoms with Crippen LogP contribution in [0, 0.1) is 0 Å². The third-order valence-electron chi connectivity index (χ3n) is 2.46. The van der Waals surface area contributed by atoms with Crippen LogP contribution in [0.4, 0.5) is 0 Å². The highest BCUT2D eigenvalue weighted by Gasteiger charge is 2.09. The molecule has 90 valence electrons. The molecule has 3 N–H and O–H groups in total. The molecule has 0 spiro atoms. The molecule has 0 saturated carbocycles. The summed E-state index contributed by atoms with van der Waals surface area (Å²) in [5.74, 6) is 5.50. The molecule has 0 radical (unpaired) electrons. The van der Waals surface area contributed by atoms with E-state index in [1.807, 2.05) is 6.07 Å². The first-order chi connectivity index (χ1) is 7.77. The molecule has 0 aliphatic carbocycles. The summed E-state index contributed by atoms with van der Waals surface area (Å²) in [5, 5.41) is 0.689. The van der Waals surface area contributed by atoms with Crippen molar-refractivity contribution in [2.24, 2.45) is 5.84 Å². The van der Waals surface area contributed by atoms with E-state index in [2.05, 4.69) is 10.4 Å². The maximum Gasteiger partial charge on any atom is 0.0621 e. The van der Waals surface area contributed by atoms with E-state index in [1.165, 1.54) is 0 Å². The first kappa shape index (κ1) is 13.4. The highest BCUT2D eigenvalue weighted by atomic mass is 35.5. The highest BCUT2D eigenvalue weighted by molar-refractivity contribution is 6.31. The van der Waals surface area contributed by atoms with Crippen LogP contribution in [0.15, 0.2) is 18.5 Å². The molecule has 16 heavy (non-hydrogen) atoms. The van der Waals surface area contributed by atoms with E-state index in [1.54, 1.807) is 19.5 Å². The van der Waals surface area contributed by atoms with Crippen LogP contribution in [0.5, 0.6) is 0 Å². The molecule has 4 nitrogen and oxygen atoms in total. The predicted molar refractivity (Wildman–Crippen MR) is 65.2 cm³/mol. The van der Waals surface area contributed by atoms with E-state index in [4.69, 9.17) is 22.2 Å². The molecule has 0 fully saturated rings. The number of hydrazine groups is 1. The lowest BCUT2D eigenvalue weighted by atomic mass is 10.0. The number of nitrogens with one attached hydrogen (secondary N) is 1. The van der Waals surface area contributed by atoms with Crippen molar-refractivity contribution in [3.8, 4) is 0 Å². The maximum absolute atomic E-state index is 6.03. The van der Waals surface area contributed by atoms with Gasteiger partial charge in [0.05, 0.1) is 5.02 Å². The van der Waals surface area contributed by atoms with Crippen molar-refractivity contribution in [3.05, 3.63) is 29.0 Å². The summed E-state index contributed by atoms with van der Waals surface area (Å²) in [6.07, 6.45) is 6.14. The Kier molecular flexibility index (Phi) is 6.33. The number of ether oxygens (including phenoxy) is 1. The van der Waals surface area contributed by atoms with Gasteiger partial charge in [-0.2, -0.15) is 0 Å². The first-order valence-electron chi connectivity index (χ1n) is 5.31. The summed E-state index contributed by atoms with van der Waals surface area (Å²) in [7, 11) is 1.70. The second-order valence-electron chi connectivity index (χ2n) is 3.67. The van der Waals surface area contributed by atoms with Gasteiger partial charge in [-0.05, 0) is 30.9 Å². The van der Waals surface area contributed by atoms with Crippen LogP contribution >= 0.6 is 11.6 Å². The number of nitrogens with zero attached hydrogens (tertiary/aromatic N) is 1. The van der Waals surface area contributed by atoms with Crippen LogP contribution in [0.3, 0.4) is 0 Å². The van der Waals surface area contributed by atoms with Crippen LogP contribution in [0.25, 0.3) is 0 Å². The van der Waals surface area contributed by atoms with Gasteiger partial charge in [0.2, 0.25) is 0 Å². The van der Waals surface area contributed by atoms with Gasteiger partial charge in [0, 0.05) is 32.2 Å². The van der Waals surface area contributed by atoms with Crippen LogP contribution in [0.2, 0.25) is 5.02 Å². The Bertz CT molecular complexity index is 309. The zero-order valence-corrected chi connectivity index (χ0v) is 10.2. The van der Waals surface area contributed by atoms with Gasteiger partial charge in [-0.3, -0.25) is 16.3 Å². The Morgan fingerprint density at radius 3 is 3.06 bits per heavy atom. The number of hydrogen-bond acceptors (Lipinski definition) is 4. The van der Waals surface area contributed by atoms with Crippen molar-refractivity contribution in [3.63, 3.8) is 0 Å². The van der Waals surface area contributed by atoms with Gasteiger partial charge in [0.25, 0.3) is 0 Å². The zero-order chi connectivity index (χ0) is 11.8. The molecule has 0 aliphatic rings. The minimum atomic E-state index is 0.218. The van der Waals surface area contributed by atoms with E-state index >= 15 is 0 Å². The standard InChI is InChI=1S/C11H18ClN3O/c1-16-6-2-3-10(15-13)7-9-4-5-14-8-11(9)12/h4-5,8,10,15H,2-3,6-7,13H2,1H3. The minimum Gasteiger partial charge on any atom is -0.385 e. The second-order valence-corrected chi connectivity index (χ2v) is 4.08. The molecule has 1 aromatic heterocycles. The van der Waals surface area contributed by atoms with Crippen LogP contribution in [0.1, 0.15) is 18.4 Å². The summed E-state index contributed by atoms with van der Waals surface area (Å²) in [6.45, 7) is 0.752. The lowest BCUT2D eigenvalue weighted by Gasteiger charge is -2.16. The molecule has 1 aromatic rings. The molecule has 0 amide bonds. The first-order valence-corrected chi connectivity index (χ1v) is 5.69. The normalized spacial score (nSPS) is 12.7. The summed E-state index contributed by atoms with van der Waals surface area (Å²) in [4.78, 5) is 3.95. The summed E-state index contributed by atoms with van der Waals surface area (Å²) in [5.41, 5.74) is 3.87. The molecular formula is C11H18ClN3O. The average Bonchev–Trinajstić information content (AvgIpc) is 2.30. The molecule has 1 unspecified atom stereocenters. The molecule has 0 aromatic carbocycles. The predicted octanol–water partition coefficient (Wildman–Crippen LogP) is 1.54. The quantitative estimate of drug-likeness (QED) is 0.433. The van der Waals surface area contributed by atoms with Gasteiger partial charge in [-0.25, -0.2) is 0 Å². The second kappa shape index (κ2) is 7.57. The minimum absolute atomic E-state index is 0.218. The van der Waals surface area contributed by atoms with Gasteiger partial charge >= 0.3 is 0 Å². The summed E-state index contributed by atoms with van der Waals surface area (Å²) >= 11 is 6.03. The largest absolute Gasteiger partial charge is 0.385 e. The third-order valence-corrected chi connectivity index (χ3v) is 2.80. The topological polar surface area (TPSA) is 60.2 Å². The number of methoxy groups -OCH3 is 1. The van der Waals surface area contributed by atoms with Gasteiger partial charge in [-0.1, -0.05) is 11.6 Å². The number of aromatic nitrogens is 1. The number of hydrogen-bond donors (Lipinski definition) is 2. The number of rotatable bonds is 7. The Balaban J connectivity index is 2.46. The lowest BCUT2D eigenvalue weighted by Crippen LogP contribution is -2.37. The molecule has 1 heterocycles. The molecule has 0 aliphatic heterocycles. The van der Waals surface area contributed by atoms with Crippen LogP contribution < -0.4 is 11.3 Å². The molecule has 0 saturated heterocycles. The van der Waals surface area contributed by atoms with Crippen molar-refractivity contribution in [1.82, 2.24) is 10.4 Å². The van der Waals surface area contributed by atoms with Gasteiger partial charge < -0.3 is 4.74 Å². The van der Waals surface area contributed by atoms with Crippen molar-refractivity contribution in [1.29, 1.82) is 0 Å². The Hall–Kier alpha value is -0.680. The van der Waals surface area contributed by atoms with Gasteiger partial charge in [-0.15, -0.1) is 0 Å². The smallest absolute Gasteiger partial charge is 0.0621 e. The number of pyridine rings is 1. The van der Waals surface area contributed by atoms with Gasteiger partial charge in [0.15, 0.2) is 0 Å². The fourth-order valence-electron chi connectivity index (χ4n) is 1.55. The Morgan fingerprint density at radius 2 is 2.44 bits per heavy atom. The summed E-state index contributed by atoms with van der Waals surface area (Å²) in [6, 6.07) is 2.14. The van der Waals surface area contributed by atoms with Crippen molar-refractivity contribution in [2.75, 3.05) is 13.7 Å². The molecule has 1 rings (SSSR count). The zero-order valence-electron chi connectivity index (χ0n) is 9.45. The SMILES string of the molecule is COCCCC(Cc1ccncc1Cl)NN. The fourth-order valence-corrected chi connectivity index (χ4v) is 1.75. The van der Waals surface area contributed by atoms with E-state index in [0.29, 0.717) is 5.02 Å². The van der Waals surface area contributed by atoms with Crippen molar-refractivity contribution < 1.29 is 4.74 Å². The monoisotopic (exact) mass is 243 g/mol. The van der Waals surface area contributed by atoms with Crippen LogP contribution in [-0.4, -0.2) is 24.7 Å². The molecular weight excluding hydrogens is 226 g/mol. The Labute approximate surface area is 101 Å². The van der Waals surface area contributed by atoms with Gasteiger partial charge in [0.1, 0.15) is 0 Å². The molecule has 5 heteroatoms. The highest BCUT2D eigenvalue weighted by Crippen LogP contribution is 2.16. The Morgan fingerprint density at radius 1 is 1.62 bits per heavy atom. The lowest BCUT2D eigenvalue weighted by molar-refractivity contribution is 0.188. The van der Waals surface area contributed by atoms with E-state index in [9.17, 15) is 0 Å². The number of halogens is 1. The molecule has 0 bridgehead atoms. The summed E-state index contributed by atoms with van der Waals surface area (Å²) < 4.78 is 5.01. The van der Waals surface area contributed by atoms with Crippen LogP contribution in [-0.2, 0) is 11.2 Å². The van der Waals surface area contributed by atoms with E-state index < -0.39 is 0 Å². The van der Waals surface area contributed by atoms with E-state index in [-0.39, 0.29) is 6.04 Å². The number of nitrogens with two attached hydrogens (primary N) is 1. The fraction of sp³-hybridized carbons (Fsp3) is 0.545.